The van der Waals surface area contributed by atoms with Crippen molar-refractivity contribution in [2.45, 2.75) is 31.5 Å². The van der Waals surface area contributed by atoms with Gasteiger partial charge >= 0.3 is 6.18 Å². The van der Waals surface area contributed by atoms with Crippen molar-refractivity contribution >= 4 is 5.91 Å². The Morgan fingerprint density at radius 2 is 2.21 bits per heavy atom. The number of halogens is 3. The Balaban J connectivity index is 2.32. The number of hydrogen-bond acceptors (Lipinski definition) is 2. The van der Waals surface area contributed by atoms with E-state index in [0.717, 1.165) is 6.42 Å². The van der Waals surface area contributed by atoms with Crippen molar-refractivity contribution in [1.29, 1.82) is 0 Å². The normalized spacial score (nSPS) is 24.2. The van der Waals surface area contributed by atoms with Crippen LogP contribution in [0.2, 0.25) is 0 Å². The molecule has 2 N–H and O–H groups in total. The van der Waals surface area contributed by atoms with E-state index in [4.69, 9.17) is 0 Å². The van der Waals surface area contributed by atoms with Gasteiger partial charge in [0.15, 0.2) is 0 Å². The summed E-state index contributed by atoms with van der Waals surface area (Å²) in [5.41, 5.74) is 0. The second-order valence-electron chi connectivity index (χ2n) is 3.39. The van der Waals surface area contributed by atoms with Crippen LogP contribution in [-0.4, -0.2) is 31.2 Å². The van der Waals surface area contributed by atoms with Gasteiger partial charge in [-0.05, 0) is 12.8 Å². The number of rotatable bonds is 2. The summed E-state index contributed by atoms with van der Waals surface area (Å²) in [6.45, 7) is -0.464. The maximum atomic E-state index is 11.8. The summed E-state index contributed by atoms with van der Waals surface area (Å²) in [6.07, 6.45) is -2.74. The van der Waals surface area contributed by atoms with Crippen LogP contribution in [0.25, 0.3) is 0 Å². The predicted octanol–water partition coefficient (Wildman–Crippen LogP) is 0.807. The first-order valence-electron chi connectivity index (χ1n) is 4.54. The molecule has 0 aromatic carbocycles. The highest BCUT2D eigenvalue weighted by Gasteiger charge is 2.28. The fourth-order valence-electron chi connectivity index (χ4n) is 1.41. The Morgan fingerprint density at radius 1 is 1.50 bits per heavy atom. The molecule has 0 aliphatic carbocycles. The van der Waals surface area contributed by atoms with Gasteiger partial charge in [0.2, 0.25) is 5.91 Å². The van der Waals surface area contributed by atoms with Gasteiger partial charge in [0.25, 0.3) is 0 Å². The Hall–Kier alpha value is -0.780. The van der Waals surface area contributed by atoms with Gasteiger partial charge in [-0.2, -0.15) is 13.2 Å². The first-order valence-corrected chi connectivity index (χ1v) is 4.54. The third-order valence-electron chi connectivity index (χ3n) is 2.07. The molecular formula is C8H13F3N2O. The summed E-state index contributed by atoms with van der Waals surface area (Å²) in [6, 6.07) is -0.348. The number of hydrogen-bond donors (Lipinski definition) is 2. The molecule has 6 heteroatoms. The lowest BCUT2D eigenvalue weighted by Gasteiger charge is -2.16. The van der Waals surface area contributed by atoms with Gasteiger partial charge in [-0.25, -0.2) is 0 Å². The molecule has 1 fully saturated rings. The molecule has 1 atom stereocenters. The van der Waals surface area contributed by atoms with Crippen LogP contribution in [0, 0.1) is 0 Å². The molecule has 1 aliphatic heterocycles. The molecule has 0 saturated carbocycles. The number of alkyl halides is 3. The molecule has 1 unspecified atom stereocenters. The molecule has 1 heterocycles. The van der Waals surface area contributed by atoms with Gasteiger partial charge < -0.3 is 10.6 Å². The van der Waals surface area contributed by atoms with E-state index in [9.17, 15) is 18.0 Å². The van der Waals surface area contributed by atoms with Gasteiger partial charge in [0.1, 0.15) is 0 Å². The second kappa shape index (κ2) is 4.63. The van der Waals surface area contributed by atoms with Crippen molar-refractivity contribution in [3.63, 3.8) is 0 Å². The van der Waals surface area contributed by atoms with Crippen LogP contribution in [0.15, 0.2) is 0 Å². The quantitative estimate of drug-likeness (QED) is 0.708. The standard InChI is InChI=1S/C8H13F3N2O/c9-8(10,11)5-13-6-2-1-3-12-7(14)4-6/h6,13H,1-5H2,(H,12,14). The average Bonchev–Trinajstić information content (AvgIpc) is 2.25. The molecule has 82 valence electrons. The Bertz CT molecular complexity index is 205. The summed E-state index contributed by atoms with van der Waals surface area (Å²) in [7, 11) is 0. The van der Waals surface area contributed by atoms with Crippen LogP contribution in [0.3, 0.4) is 0 Å². The molecule has 1 amide bonds. The molecule has 0 bridgehead atoms. The third-order valence-corrected chi connectivity index (χ3v) is 2.07. The fraction of sp³-hybridized carbons (Fsp3) is 0.875. The Labute approximate surface area is 80.0 Å². The van der Waals surface area contributed by atoms with E-state index in [2.05, 4.69) is 10.6 Å². The van der Waals surface area contributed by atoms with Crippen molar-refractivity contribution in [3.05, 3.63) is 0 Å². The highest BCUT2D eigenvalue weighted by molar-refractivity contribution is 5.76. The summed E-state index contributed by atoms with van der Waals surface area (Å²) >= 11 is 0. The van der Waals surface area contributed by atoms with Crippen molar-refractivity contribution < 1.29 is 18.0 Å². The molecule has 0 radical (unpaired) electrons. The van der Waals surface area contributed by atoms with Crippen molar-refractivity contribution in [2.24, 2.45) is 0 Å². The largest absolute Gasteiger partial charge is 0.401 e. The van der Waals surface area contributed by atoms with Crippen molar-refractivity contribution in [1.82, 2.24) is 10.6 Å². The predicted molar refractivity (Wildman–Crippen MR) is 44.7 cm³/mol. The van der Waals surface area contributed by atoms with Crippen molar-refractivity contribution in [3.8, 4) is 0 Å². The maximum absolute atomic E-state index is 11.8. The molecule has 14 heavy (non-hydrogen) atoms. The van der Waals surface area contributed by atoms with E-state index in [1.807, 2.05) is 0 Å². The molecule has 3 nitrogen and oxygen atoms in total. The summed E-state index contributed by atoms with van der Waals surface area (Å²) in [5, 5.41) is 4.96. The summed E-state index contributed by atoms with van der Waals surface area (Å²) in [4.78, 5) is 11.0. The van der Waals surface area contributed by atoms with Gasteiger partial charge in [-0.1, -0.05) is 0 Å². The molecule has 1 rings (SSSR count). The van der Waals surface area contributed by atoms with Crippen LogP contribution < -0.4 is 10.6 Å². The third kappa shape index (κ3) is 4.45. The van der Waals surface area contributed by atoms with Gasteiger partial charge in [-0.15, -0.1) is 0 Å². The molecule has 1 saturated heterocycles. The van der Waals surface area contributed by atoms with E-state index in [0.29, 0.717) is 13.0 Å². The lowest BCUT2D eigenvalue weighted by atomic mass is 10.1. The average molecular weight is 210 g/mol. The fourth-order valence-corrected chi connectivity index (χ4v) is 1.41. The number of nitrogens with one attached hydrogen (secondary N) is 2. The van der Waals surface area contributed by atoms with Crippen LogP contribution in [0.5, 0.6) is 0 Å². The molecule has 1 aliphatic rings. The van der Waals surface area contributed by atoms with Gasteiger partial charge in [0.05, 0.1) is 6.54 Å². The zero-order chi connectivity index (χ0) is 10.6. The summed E-state index contributed by atoms with van der Waals surface area (Å²) < 4.78 is 35.5. The number of amides is 1. The Morgan fingerprint density at radius 3 is 2.86 bits per heavy atom. The van der Waals surface area contributed by atoms with E-state index < -0.39 is 12.7 Å². The smallest absolute Gasteiger partial charge is 0.356 e. The lowest BCUT2D eigenvalue weighted by molar-refractivity contribution is -0.128. The topological polar surface area (TPSA) is 41.1 Å². The zero-order valence-electron chi connectivity index (χ0n) is 7.66. The molecule has 0 aromatic rings. The van der Waals surface area contributed by atoms with Gasteiger partial charge in [0, 0.05) is 19.0 Å². The van der Waals surface area contributed by atoms with Crippen LogP contribution in [0.1, 0.15) is 19.3 Å². The number of carbonyl (C=O) groups is 1. The first kappa shape index (κ1) is 11.3. The van der Waals surface area contributed by atoms with E-state index in [1.54, 1.807) is 0 Å². The minimum Gasteiger partial charge on any atom is -0.356 e. The molecular weight excluding hydrogens is 197 g/mol. The highest BCUT2D eigenvalue weighted by atomic mass is 19.4. The first-order chi connectivity index (χ1) is 6.47. The van der Waals surface area contributed by atoms with Crippen LogP contribution in [0.4, 0.5) is 13.2 Å². The molecule has 0 aromatic heterocycles. The minimum absolute atomic E-state index is 0.135. The molecule has 0 spiro atoms. The van der Waals surface area contributed by atoms with E-state index >= 15 is 0 Å². The van der Waals surface area contributed by atoms with E-state index in [-0.39, 0.29) is 18.4 Å². The monoisotopic (exact) mass is 210 g/mol. The minimum atomic E-state index is -4.21. The van der Waals surface area contributed by atoms with Crippen LogP contribution in [-0.2, 0) is 4.79 Å². The van der Waals surface area contributed by atoms with Crippen molar-refractivity contribution in [2.75, 3.05) is 13.1 Å². The zero-order valence-corrected chi connectivity index (χ0v) is 7.66. The maximum Gasteiger partial charge on any atom is 0.401 e. The number of carbonyl (C=O) groups excluding carboxylic acids is 1. The van der Waals surface area contributed by atoms with Crippen LogP contribution >= 0.6 is 0 Å². The van der Waals surface area contributed by atoms with E-state index in [1.165, 1.54) is 0 Å². The van der Waals surface area contributed by atoms with Gasteiger partial charge in [-0.3, -0.25) is 4.79 Å². The second-order valence-corrected chi connectivity index (χ2v) is 3.39. The SMILES string of the molecule is O=C1CC(NCC(F)(F)F)CCCN1. The lowest BCUT2D eigenvalue weighted by Crippen LogP contribution is -2.38. The summed E-state index contributed by atoms with van der Waals surface area (Å²) in [5.74, 6) is -0.179. The Kier molecular flexibility index (Phi) is 3.74. The highest BCUT2D eigenvalue weighted by Crippen LogP contribution is 2.14.